The summed E-state index contributed by atoms with van der Waals surface area (Å²) in [6.07, 6.45) is 8.62. The zero-order chi connectivity index (χ0) is 48.8. The van der Waals surface area contributed by atoms with Gasteiger partial charge in [-0.3, -0.25) is 19.2 Å². The van der Waals surface area contributed by atoms with Gasteiger partial charge in [0, 0.05) is 23.2 Å². The lowest BCUT2D eigenvalue weighted by atomic mass is 9.82. The van der Waals surface area contributed by atoms with Crippen molar-refractivity contribution in [1.82, 2.24) is 20.4 Å². The van der Waals surface area contributed by atoms with E-state index in [0.717, 1.165) is 86.5 Å². The van der Waals surface area contributed by atoms with Crippen LogP contribution in [0.15, 0.2) is 36.4 Å². The van der Waals surface area contributed by atoms with Gasteiger partial charge in [0.15, 0.2) is 19.0 Å². The number of methoxy groups -OCH3 is 2. The molecule has 16 nitrogen and oxygen atoms in total. The number of hydrogen-bond acceptors (Lipinski definition) is 12. The third kappa shape index (κ3) is 8.87. The molecule has 4 bridgehead atoms. The summed E-state index contributed by atoms with van der Waals surface area (Å²) in [5, 5.41) is 5.25. The number of hydrogen-bond donors (Lipinski definition) is 2. The van der Waals surface area contributed by atoms with E-state index in [9.17, 15) is 38.4 Å². The van der Waals surface area contributed by atoms with Crippen LogP contribution in [-0.4, -0.2) is 120 Å². The highest BCUT2D eigenvalue weighted by Crippen LogP contribution is 2.53. The second-order valence-electron chi connectivity index (χ2n) is 20.9. The minimum Gasteiger partial charge on any atom is -0.456 e. The van der Waals surface area contributed by atoms with E-state index < -0.39 is 66.8 Å². The van der Waals surface area contributed by atoms with Crippen molar-refractivity contribution in [3.63, 3.8) is 0 Å². The molecule has 2 saturated heterocycles. The highest BCUT2D eigenvalue weighted by atomic mass is 16.6. The van der Waals surface area contributed by atoms with Crippen LogP contribution in [0.3, 0.4) is 0 Å². The predicted octanol–water partition coefficient (Wildman–Crippen LogP) is 6.37. The Morgan fingerprint density at radius 1 is 0.691 bits per heavy atom. The van der Waals surface area contributed by atoms with Crippen LogP contribution < -0.4 is 10.6 Å². The average molecular weight is 939 g/mol. The first-order valence-corrected chi connectivity index (χ1v) is 24.4. The number of ether oxygens (including phenoxy) is 4. The van der Waals surface area contributed by atoms with Crippen LogP contribution in [0.5, 0.6) is 0 Å². The molecule has 366 valence electrons. The number of fused-ring (bicyclic) bond motifs is 5. The molecule has 0 radical (unpaired) electrons. The van der Waals surface area contributed by atoms with Gasteiger partial charge in [0.05, 0.1) is 14.2 Å². The fourth-order valence-corrected chi connectivity index (χ4v) is 12.7. The Labute approximate surface area is 397 Å². The highest BCUT2D eigenvalue weighted by molar-refractivity contribution is 6.02. The molecule has 5 fully saturated rings. The van der Waals surface area contributed by atoms with Crippen molar-refractivity contribution in [2.45, 2.75) is 147 Å². The van der Waals surface area contributed by atoms with E-state index in [2.05, 4.69) is 10.6 Å². The Balaban J connectivity index is 0.948. The first-order valence-electron chi connectivity index (χ1n) is 24.4. The third-order valence-corrected chi connectivity index (χ3v) is 16.3. The van der Waals surface area contributed by atoms with Crippen LogP contribution in [0.4, 0.5) is 9.59 Å². The molecule has 4 amide bonds. The van der Waals surface area contributed by atoms with Crippen molar-refractivity contribution in [2.24, 2.45) is 29.1 Å². The van der Waals surface area contributed by atoms with Gasteiger partial charge in [-0.1, -0.05) is 76.9 Å². The summed E-state index contributed by atoms with van der Waals surface area (Å²) in [4.78, 5) is 111. The predicted molar refractivity (Wildman–Crippen MR) is 247 cm³/mol. The van der Waals surface area contributed by atoms with Crippen LogP contribution >= 0.6 is 0 Å². The molecule has 6 aliphatic rings. The lowest BCUT2D eigenvalue weighted by Gasteiger charge is -2.44. The number of carbonyl (C=O) groups is 8. The van der Waals surface area contributed by atoms with Crippen molar-refractivity contribution >= 4 is 47.5 Å². The molecular weight excluding hydrogens is 873 g/mol. The Hall–Kier alpha value is -5.80. The summed E-state index contributed by atoms with van der Waals surface area (Å²) in [5.41, 5.74) is 3.42. The Kier molecular flexibility index (Phi) is 13.8. The van der Waals surface area contributed by atoms with Crippen LogP contribution in [0, 0.1) is 29.1 Å². The fraction of sp³-hybridized carbons (Fsp3) is 0.615. The summed E-state index contributed by atoms with van der Waals surface area (Å²) in [7, 11) is 2.46. The number of Topliss-reactive ketones (excluding diaryl/α,β-unsaturated/α-hetero) is 2. The molecule has 2 N–H and O–H groups in total. The standard InChI is InChI=1S/C52H66N4O12/c1-28(2)42(53-49(63)65-6)45(59)55-34-16-14-32(22-34)44(55)47(61)67-26-40(57)31-12-10-30(11-13-31)36-18-19-37(39-25-52(24-38(36)39)20-8-9-21-52)41(58)27-68-48(62)51(5)33-15-17-35(23-33)56(51)46(60)43(29(3)4)54-50(64)66-7/h10-13,18-19,28-29,32-35,42-44H,8-9,14-17,20-27H2,1-7H3,(H,53,63)(H,54,64). The smallest absolute Gasteiger partial charge is 0.407 e. The number of nitrogens with zero attached hydrogens (tertiary/aromatic N) is 2. The molecule has 68 heavy (non-hydrogen) atoms. The zero-order valence-corrected chi connectivity index (χ0v) is 40.4. The molecule has 8 atom stereocenters. The number of rotatable bonds is 15. The second kappa shape index (κ2) is 19.3. The molecule has 2 heterocycles. The molecule has 8 rings (SSSR count). The molecule has 0 aromatic heterocycles. The molecule has 2 aromatic carbocycles. The SMILES string of the molecule is COC(=O)NC(C(=O)N1C2CCC(C2)C1C(=O)OCC(=O)c1ccc(-c2ccc(C(=O)COC(=O)C3(C)C4CCC(C4)N3C(=O)C(NC(=O)OC)C(C)C)c3c2CC2(CCCC2)C3)cc1)C(C)C. The number of esters is 2. The van der Waals surface area contributed by atoms with Gasteiger partial charge < -0.3 is 39.4 Å². The fourth-order valence-electron chi connectivity index (χ4n) is 12.7. The van der Waals surface area contributed by atoms with Gasteiger partial charge in [-0.2, -0.15) is 0 Å². The summed E-state index contributed by atoms with van der Waals surface area (Å²) in [6.45, 7) is 7.98. The van der Waals surface area contributed by atoms with E-state index in [1.165, 1.54) is 14.2 Å². The number of nitrogens with one attached hydrogen (secondary N) is 2. The molecule has 3 saturated carbocycles. The summed E-state index contributed by atoms with van der Waals surface area (Å²) in [5.74, 6) is -3.52. The van der Waals surface area contributed by atoms with Gasteiger partial charge in [0.2, 0.25) is 17.6 Å². The maximum Gasteiger partial charge on any atom is 0.407 e. The topological polar surface area (TPSA) is 204 Å². The van der Waals surface area contributed by atoms with Crippen molar-refractivity contribution < 1.29 is 57.3 Å². The van der Waals surface area contributed by atoms with Crippen LogP contribution in [0.2, 0.25) is 0 Å². The van der Waals surface area contributed by atoms with Gasteiger partial charge in [-0.05, 0) is 122 Å². The number of alkyl carbamates (subject to hydrolysis) is 2. The van der Waals surface area contributed by atoms with Crippen LogP contribution in [0.1, 0.15) is 131 Å². The maximum atomic E-state index is 14.2. The number of ketones is 2. The summed E-state index contributed by atoms with van der Waals surface area (Å²) >= 11 is 0. The number of benzene rings is 2. The number of piperidine rings is 2. The van der Waals surface area contributed by atoms with Gasteiger partial charge >= 0.3 is 24.1 Å². The van der Waals surface area contributed by atoms with E-state index in [1.807, 2.05) is 32.0 Å². The summed E-state index contributed by atoms with van der Waals surface area (Å²) in [6, 6.07) is 7.86. The largest absolute Gasteiger partial charge is 0.456 e. The molecule has 2 aliphatic heterocycles. The van der Waals surface area contributed by atoms with E-state index in [4.69, 9.17) is 18.9 Å². The van der Waals surface area contributed by atoms with Crippen molar-refractivity contribution in [3.8, 4) is 11.1 Å². The minimum atomic E-state index is -1.31. The number of carbonyl (C=O) groups excluding carboxylic acids is 8. The Bertz CT molecular complexity index is 2360. The van der Waals surface area contributed by atoms with Crippen LogP contribution in [0.25, 0.3) is 11.1 Å². The van der Waals surface area contributed by atoms with Crippen molar-refractivity contribution in [2.75, 3.05) is 27.4 Å². The van der Waals surface area contributed by atoms with Gasteiger partial charge in [-0.15, -0.1) is 0 Å². The van der Waals surface area contributed by atoms with Gasteiger partial charge in [0.25, 0.3) is 0 Å². The second-order valence-corrected chi connectivity index (χ2v) is 20.9. The first kappa shape index (κ1) is 48.6. The van der Waals surface area contributed by atoms with E-state index in [0.29, 0.717) is 24.0 Å². The molecule has 16 heteroatoms. The van der Waals surface area contributed by atoms with E-state index >= 15 is 0 Å². The quantitative estimate of drug-likeness (QED) is 0.114. The molecule has 8 unspecified atom stereocenters. The highest BCUT2D eigenvalue weighted by Gasteiger charge is 2.62. The van der Waals surface area contributed by atoms with Gasteiger partial charge in [-0.25, -0.2) is 19.2 Å². The number of likely N-dealkylation sites (tertiary alicyclic amines) is 2. The minimum absolute atomic E-state index is 0.0269. The Morgan fingerprint density at radius 2 is 1.29 bits per heavy atom. The molecule has 4 aliphatic carbocycles. The third-order valence-electron chi connectivity index (χ3n) is 16.3. The molecule has 1 spiro atoms. The average Bonchev–Trinajstić information content (AvgIpc) is 4.21. The Morgan fingerprint density at radius 3 is 1.93 bits per heavy atom. The van der Waals surface area contributed by atoms with Gasteiger partial charge in [0.1, 0.15) is 23.7 Å². The lowest BCUT2D eigenvalue weighted by molar-refractivity contribution is -0.167. The molecular formula is C52H66N4O12. The number of amides is 4. The normalized spacial score (nSPS) is 25.9. The molecule has 2 aromatic rings. The van der Waals surface area contributed by atoms with Crippen molar-refractivity contribution in [3.05, 3.63) is 58.7 Å². The zero-order valence-electron chi connectivity index (χ0n) is 40.4. The van der Waals surface area contributed by atoms with Crippen molar-refractivity contribution in [1.29, 1.82) is 0 Å². The van der Waals surface area contributed by atoms with E-state index in [-0.39, 0.29) is 58.8 Å². The van der Waals surface area contributed by atoms with Crippen LogP contribution in [-0.2, 0) is 51.0 Å². The monoisotopic (exact) mass is 938 g/mol. The summed E-state index contributed by atoms with van der Waals surface area (Å²) < 4.78 is 21.0. The first-order chi connectivity index (χ1) is 32.4. The van der Waals surface area contributed by atoms with E-state index in [1.54, 1.807) is 48.8 Å². The lowest BCUT2D eigenvalue weighted by Crippen LogP contribution is -2.63. The maximum absolute atomic E-state index is 14.2.